The van der Waals surface area contributed by atoms with E-state index in [0.29, 0.717) is 25.4 Å². The van der Waals surface area contributed by atoms with Crippen LogP contribution in [0.15, 0.2) is 42.5 Å². The zero-order chi connectivity index (χ0) is 20.8. The van der Waals surface area contributed by atoms with E-state index in [1.165, 1.54) is 16.8 Å². The quantitative estimate of drug-likeness (QED) is 0.658. The molecule has 1 fully saturated rings. The summed E-state index contributed by atoms with van der Waals surface area (Å²) in [6.07, 6.45) is 0. The Kier molecular flexibility index (Phi) is 4.50. The molecule has 30 heavy (non-hydrogen) atoms. The molecule has 5 rings (SSSR count). The molecule has 0 spiro atoms. The second-order valence-electron chi connectivity index (χ2n) is 8.15. The maximum Gasteiger partial charge on any atom is 0.274 e. The van der Waals surface area contributed by atoms with Gasteiger partial charge in [0, 0.05) is 50.0 Å². The number of aromatic nitrogens is 2. The maximum atomic E-state index is 13.3. The molecule has 1 saturated heterocycles. The van der Waals surface area contributed by atoms with Crippen molar-refractivity contribution in [2.75, 3.05) is 31.1 Å². The summed E-state index contributed by atoms with van der Waals surface area (Å²) in [6, 6.07) is 14.5. The Balaban J connectivity index is 1.37. The van der Waals surface area contributed by atoms with E-state index in [1.54, 1.807) is 0 Å². The van der Waals surface area contributed by atoms with E-state index in [4.69, 9.17) is 4.74 Å². The molecule has 6 heteroatoms. The van der Waals surface area contributed by atoms with Crippen LogP contribution in [-0.2, 0) is 13.7 Å². The molecule has 0 radical (unpaired) electrons. The summed E-state index contributed by atoms with van der Waals surface area (Å²) in [5.41, 5.74) is 7.17. The number of anilines is 1. The number of carbonyl (C=O) groups is 1. The van der Waals surface area contributed by atoms with Gasteiger partial charge in [0.05, 0.1) is 5.69 Å². The monoisotopic (exact) mass is 402 g/mol. The number of rotatable bonds is 2. The molecule has 2 aliphatic heterocycles. The number of para-hydroxylation sites is 1. The van der Waals surface area contributed by atoms with Gasteiger partial charge in [-0.15, -0.1) is 0 Å². The lowest BCUT2D eigenvalue weighted by atomic mass is 10.0. The Hall–Kier alpha value is -3.28. The Morgan fingerprint density at radius 2 is 1.80 bits per heavy atom. The van der Waals surface area contributed by atoms with Crippen molar-refractivity contribution in [3.05, 3.63) is 64.8 Å². The summed E-state index contributed by atoms with van der Waals surface area (Å²) in [4.78, 5) is 17.6. The molecule has 0 bridgehead atoms. The molecule has 0 atom stereocenters. The SMILES string of the molecule is Cc1ccc(C)c(N2CCN(C(=O)c3nn(C)c4c3COc3ccccc3-4)CC2)c1. The van der Waals surface area contributed by atoms with Crippen LogP contribution in [0, 0.1) is 13.8 Å². The first-order valence-corrected chi connectivity index (χ1v) is 10.4. The van der Waals surface area contributed by atoms with Gasteiger partial charge < -0.3 is 14.5 Å². The molecule has 154 valence electrons. The highest BCUT2D eigenvalue weighted by atomic mass is 16.5. The van der Waals surface area contributed by atoms with E-state index in [-0.39, 0.29) is 5.91 Å². The Bertz CT molecular complexity index is 1130. The lowest BCUT2D eigenvalue weighted by Crippen LogP contribution is -2.49. The normalized spacial score (nSPS) is 15.4. The Morgan fingerprint density at radius 3 is 2.60 bits per heavy atom. The van der Waals surface area contributed by atoms with E-state index < -0.39 is 0 Å². The summed E-state index contributed by atoms with van der Waals surface area (Å²) in [5, 5.41) is 4.60. The molecule has 6 nitrogen and oxygen atoms in total. The van der Waals surface area contributed by atoms with Gasteiger partial charge in [-0.3, -0.25) is 9.48 Å². The standard InChI is InChI=1S/C24H26N4O2/c1-16-8-9-17(2)20(14-16)27-10-12-28(13-11-27)24(29)22-19-15-30-21-7-5-4-6-18(21)23(19)26(3)25-22/h4-9,14H,10-13,15H2,1-3H3. The van der Waals surface area contributed by atoms with Gasteiger partial charge in [-0.2, -0.15) is 5.10 Å². The molecular formula is C24H26N4O2. The average molecular weight is 402 g/mol. The second-order valence-corrected chi connectivity index (χ2v) is 8.15. The number of aryl methyl sites for hydroxylation is 3. The number of nitrogens with zero attached hydrogens (tertiary/aromatic N) is 4. The van der Waals surface area contributed by atoms with Gasteiger partial charge >= 0.3 is 0 Å². The smallest absolute Gasteiger partial charge is 0.274 e. The van der Waals surface area contributed by atoms with E-state index >= 15 is 0 Å². The van der Waals surface area contributed by atoms with Crippen LogP contribution in [0.3, 0.4) is 0 Å². The van der Waals surface area contributed by atoms with Crippen molar-refractivity contribution < 1.29 is 9.53 Å². The topological polar surface area (TPSA) is 50.6 Å². The van der Waals surface area contributed by atoms with Crippen LogP contribution in [-0.4, -0.2) is 46.8 Å². The van der Waals surface area contributed by atoms with Crippen molar-refractivity contribution in [2.45, 2.75) is 20.5 Å². The average Bonchev–Trinajstić information content (AvgIpc) is 3.12. The van der Waals surface area contributed by atoms with Gasteiger partial charge in [-0.1, -0.05) is 24.3 Å². The first-order valence-electron chi connectivity index (χ1n) is 10.4. The van der Waals surface area contributed by atoms with Gasteiger partial charge in [0.1, 0.15) is 12.4 Å². The fraction of sp³-hybridized carbons (Fsp3) is 0.333. The molecule has 3 aromatic rings. The molecule has 0 aliphatic carbocycles. The van der Waals surface area contributed by atoms with Crippen LogP contribution in [0.5, 0.6) is 5.75 Å². The summed E-state index contributed by atoms with van der Waals surface area (Å²) >= 11 is 0. The summed E-state index contributed by atoms with van der Waals surface area (Å²) in [6.45, 7) is 7.67. The summed E-state index contributed by atoms with van der Waals surface area (Å²) in [5.74, 6) is 0.838. The first-order chi connectivity index (χ1) is 14.5. The molecule has 0 saturated carbocycles. The lowest BCUT2D eigenvalue weighted by molar-refractivity contribution is 0.0737. The van der Waals surface area contributed by atoms with Gasteiger partial charge in [-0.05, 0) is 43.2 Å². The van der Waals surface area contributed by atoms with E-state index in [1.807, 2.05) is 40.9 Å². The highest BCUT2D eigenvalue weighted by Gasteiger charge is 2.32. The predicted molar refractivity (Wildman–Crippen MR) is 117 cm³/mol. The van der Waals surface area contributed by atoms with Crippen LogP contribution >= 0.6 is 0 Å². The molecule has 0 unspecified atom stereocenters. The van der Waals surface area contributed by atoms with E-state index in [9.17, 15) is 4.79 Å². The van der Waals surface area contributed by atoms with Crippen molar-refractivity contribution in [2.24, 2.45) is 7.05 Å². The minimum atomic E-state index is -0.00422. The largest absolute Gasteiger partial charge is 0.488 e. The third-order valence-electron chi connectivity index (χ3n) is 6.13. The van der Waals surface area contributed by atoms with Crippen LogP contribution < -0.4 is 9.64 Å². The van der Waals surface area contributed by atoms with Crippen molar-refractivity contribution in [1.82, 2.24) is 14.7 Å². The molecular weight excluding hydrogens is 376 g/mol. The van der Waals surface area contributed by atoms with Crippen molar-refractivity contribution in [3.8, 4) is 17.0 Å². The van der Waals surface area contributed by atoms with Gasteiger partial charge in [-0.25, -0.2) is 0 Å². The lowest BCUT2D eigenvalue weighted by Gasteiger charge is -2.36. The first kappa shape index (κ1) is 18.7. The number of hydrogen-bond acceptors (Lipinski definition) is 4. The van der Waals surface area contributed by atoms with Crippen LogP contribution in [0.4, 0.5) is 5.69 Å². The van der Waals surface area contributed by atoms with Crippen LogP contribution in [0.1, 0.15) is 27.2 Å². The fourth-order valence-corrected chi connectivity index (χ4v) is 4.51. The number of hydrogen-bond donors (Lipinski definition) is 0. The second kappa shape index (κ2) is 7.20. The Labute approximate surface area is 176 Å². The number of fused-ring (bicyclic) bond motifs is 3. The highest BCUT2D eigenvalue weighted by Crippen LogP contribution is 2.38. The zero-order valence-electron chi connectivity index (χ0n) is 17.7. The van der Waals surface area contributed by atoms with Gasteiger partial charge in [0.2, 0.25) is 0 Å². The summed E-state index contributed by atoms with van der Waals surface area (Å²) < 4.78 is 7.72. The number of amides is 1. The van der Waals surface area contributed by atoms with Crippen LogP contribution in [0.25, 0.3) is 11.3 Å². The molecule has 2 aromatic carbocycles. The van der Waals surface area contributed by atoms with Crippen molar-refractivity contribution >= 4 is 11.6 Å². The van der Waals surface area contributed by atoms with E-state index in [0.717, 1.165) is 35.7 Å². The van der Waals surface area contributed by atoms with Crippen LogP contribution in [0.2, 0.25) is 0 Å². The fourth-order valence-electron chi connectivity index (χ4n) is 4.51. The molecule has 1 aromatic heterocycles. The highest BCUT2D eigenvalue weighted by molar-refractivity contribution is 5.96. The zero-order valence-corrected chi connectivity index (χ0v) is 17.7. The number of benzene rings is 2. The van der Waals surface area contributed by atoms with Crippen molar-refractivity contribution in [3.63, 3.8) is 0 Å². The van der Waals surface area contributed by atoms with Gasteiger partial charge in [0.15, 0.2) is 5.69 Å². The summed E-state index contributed by atoms with van der Waals surface area (Å²) in [7, 11) is 1.90. The maximum absolute atomic E-state index is 13.3. The third kappa shape index (κ3) is 3.03. The number of carbonyl (C=O) groups excluding carboxylic acids is 1. The number of piperazine rings is 1. The molecule has 0 N–H and O–H groups in total. The molecule has 2 aliphatic rings. The Morgan fingerprint density at radius 1 is 1.03 bits per heavy atom. The van der Waals surface area contributed by atoms with Crippen molar-refractivity contribution in [1.29, 1.82) is 0 Å². The minimum absolute atomic E-state index is 0.00422. The van der Waals surface area contributed by atoms with Gasteiger partial charge in [0.25, 0.3) is 5.91 Å². The molecule has 1 amide bonds. The predicted octanol–water partition coefficient (Wildman–Crippen LogP) is 3.56. The number of ether oxygens (including phenoxy) is 1. The molecule has 3 heterocycles. The minimum Gasteiger partial charge on any atom is -0.488 e. The van der Waals surface area contributed by atoms with E-state index in [2.05, 4.69) is 42.0 Å². The third-order valence-corrected chi connectivity index (χ3v) is 6.13.